The van der Waals surface area contributed by atoms with Gasteiger partial charge in [-0.3, -0.25) is 4.79 Å². The van der Waals surface area contributed by atoms with Crippen molar-refractivity contribution in [1.82, 2.24) is 19.9 Å². The van der Waals surface area contributed by atoms with Crippen LogP contribution in [0, 0.1) is 5.82 Å². The van der Waals surface area contributed by atoms with Crippen LogP contribution in [-0.2, 0) is 0 Å². The molecule has 0 aliphatic carbocycles. The Hall–Kier alpha value is -3.35. The average Bonchev–Trinajstić information content (AvgIpc) is 2.60. The van der Waals surface area contributed by atoms with Crippen LogP contribution in [0.1, 0.15) is 0 Å². The molecule has 0 aliphatic heterocycles. The van der Waals surface area contributed by atoms with Crippen molar-refractivity contribution < 1.29 is 9.13 Å². The molecule has 4 rings (SSSR count). The molecule has 0 atom stereocenters. The second-order valence-electron chi connectivity index (χ2n) is 5.19. The number of benzene rings is 1. The number of methoxy groups -OCH3 is 1. The minimum Gasteiger partial charge on any atom is -0.494 e. The average molecular weight is 322 g/mol. The highest BCUT2D eigenvalue weighted by Crippen LogP contribution is 2.24. The van der Waals surface area contributed by atoms with Crippen LogP contribution in [0.3, 0.4) is 0 Å². The first kappa shape index (κ1) is 14.3. The van der Waals surface area contributed by atoms with Crippen molar-refractivity contribution in [3.05, 3.63) is 58.9 Å². The molecule has 0 unspecified atom stereocenters. The van der Waals surface area contributed by atoms with Gasteiger partial charge in [-0.2, -0.15) is 0 Å². The number of hydrogen-bond donors (Lipinski definition) is 1. The van der Waals surface area contributed by atoms with Gasteiger partial charge in [0.15, 0.2) is 17.2 Å². The van der Waals surface area contributed by atoms with Crippen molar-refractivity contribution in [2.75, 3.05) is 7.11 Å². The van der Waals surface area contributed by atoms with Gasteiger partial charge in [0.05, 0.1) is 18.0 Å². The maximum atomic E-state index is 13.9. The minimum absolute atomic E-state index is 0.000922. The quantitative estimate of drug-likeness (QED) is 0.614. The van der Waals surface area contributed by atoms with E-state index >= 15 is 0 Å². The molecule has 0 saturated carbocycles. The third kappa shape index (κ3) is 2.26. The molecule has 0 radical (unpaired) electrons. The lowest BCUT2D eigenvalue weighted by Gasteiger charge is -2.06. The monoisotopic (exact) mass is 322 g/mol. The standard InChI is InChI=1S/C17H11FN4O2/c1-24-14-6-11-13(7-12(14)18)21-16(22-17(11)23)10-5-9-3-2-4-19-15(9)20-8-10/h2-8H,1H3,(H,21,22,23). The number of halogens is 1. The Bertz CT molecular complexity index is 1140. The van der Waals surface area contributed by atoms with E-state index in [1.807, 2.05) is 12.1 Å². The van der Waals surface area contributed by atoms with Crippen molar-refractivity contribution in [1.29, 1.82) is 0 Å². The normalized spacial score (nSPS) is 11.1. The lowest BCUT2D eigenvalue weighted by molar-refractivity contribution is 0.387. The molecule has 0 fully saturated rings. The molecule has 1 aromatic carbocycles. The van der Waals surface area contributed by atoms with E-state index in [0.717, 1.165) is 5.39 Å². The number of H-pyrrole nitrogens is 1. The molecule has 7 heteroatoms. The summed E-state index contributed by atoms with van der Waals surface area (Å²) >= 11 is 0. The van der Waals surface area contributed by atoms with Crippen LogP contribution in [-0.4, -0.2) is 27.0 Å². The summed E-state index contributed by atoms with van der Waals surface area (Å²) in [7, 11) is 1.34. The summed E-state index contributed by atoms with van der Waals surface area (Å²) in [5.41, 5.74) is 1.09. The molecule has 6 nitrogen and oxygen atoms in total. The Morgan fingerprint density at radius 3 is 2.92 bits per heavy atom. The molecule has 3 aromatic heterocycles. The first-order valence-electron chi connectivity index (χ1n) is 7.14. The summed E-state index contributed by atoms with van der Waals surface area (Å²) in [6, 6.07) is 8.00. The van der Waals surface area contributed by atoms with E-state index in [9.17, 15) is 9.18 Å². The van der Waals surface area contributed by atoms with Gasteiger partial charge < -0.3 is 9.72 Å². The Balaban J connectivity index is 1.94. The van der Waals surface area contributed by atoms with Crippen LogP contribution in [0.15, 0.2) is 47.5 Å². The molecule has 0 bridgehead atoms. The van der Waals surface area contributed by atoms with Crippen molar-refractivity contribution in [2.45, 2.75) is 0 Å². The number of pyridine rings is 2. The van der Waals surface area contributed by atoms with E-state index in [4.69, 9.17) is 4.74 Å². The van der Waals surface area contributed by atoms with E-state index in [-0.39, 0.29) is 22.2 Å². The highest BCUT2D eigenvalue weighted by atomic mass is 19.1. The molecule has 4 aromatic rings. The Kier molecular flexibility index (Phi) is 3.19. The Morgan fingerprint density at radius 1 is 1.21 bits per heavy atom. The number of hydrogen-bond acceptors (Lipinski definition) is 5. The van der Waals surface area contributed by atoms with Crippen molar-refractivity contribution >= 4 is 21.9 Å². The fourth-order valence-corrected chi connectivity index (χ4v) is 2.53. The zero-order chi connectivity index (χ0) is 16.7. The van der Waals surface area contributed by atoms with E-state index < -0.39 is 5.82 Å². The predicted octanol–water partition coefficient (Wildman–Crippen LogP) is 2.68. The number of aromatic nitrogens is 4. The maximum Gasteiger partial charge on any atom is 0.259 e. The van der Waals surface area contributed by atoms with Gasteiger partial charge in [-0.15, -0.1) is 0 Å². The number of rotatable bonds is 2. The predicted molar refractivity (Wildman–Crippen MR) is 87.4 cm³/mol. The largest absolute Gasteiger partial charge is 0.494 e. The highest BCUT2D eigenvalue weighted by Gasteiger charge is 2.12. The van der Waals surface area contributed by atoms with Gasteiger partial charge in [0.25, 0.3) is 5.56 Å². The first-order valence-corrected chi connectivity index (χ1v) is 7.14. The number of aromatic amines is 1. The number of nitrogens with zero attached hydrogens (tertiary/aromatic N) is 3. The molecule has 3 heterocycles. The van der Waals surface area contributed by atoms with Crippen molar-refractivity contribution in [3.8, 4) is 17.1 Å². The van der Waals surface area contributed by atoms with Crippen LogP contribution < -0.4 is 10.3 Å². The molecule has 0 aliphatic rings. The van der Waals surface area contributed by atoms with Crippen molar-refractivity contribution in [2.24, 2.45) is 0 Å². The third-order valence-electron chi connectivity index (χ3n) is 3.71. The second kappa shape index (κ2) is 5.38. The van der Waals surface area contributed by atoms with Gasteiger partial charge in [0, 0.05) is 29.4 Å². The van der Waals surface area contributed by atoms with Crippen LogP contribution in [0.25, 0.3) is 33.3 Å². The molecule has 24 heavy (non-hydrogen) atoms. The van der Waals surface area contributed by atoms with E-state index in [1.54, 1.807) is 18.5 Å². The smallest absolute Gasteiger partial charge is 0.259 e. The third-order valence-corrected chi connectivity index (χ3v) is 3.71. The molecule has 0 saturated heterocycles. The Labute approximate surface area is 135 Å². The van der Waals surface area contributed by atoms with Crippen molar-refractivity contribution in [3.63, 3.8) is 0 Å². The first-order chi connectivity index (χ1) is 11.7. The fourth-order valence-electron chi connectivity index (χ4n) is 2.53. The molecule has 118 valence electrons. The molecule has 0 spiro atoms. The number of ether oxygens (including phenoxy) is 1. The summed E-state index contributed by atoms with van der Waals surface area (Å²) in [5.74, 6) is -0.258. The molecular formula is C17H11FN4O2. The van der Waals surface area contributed by atoms with Gasteiger partial charge in [0.2, 0.25) is 0 Å². The molecular weight excluding hydrogens is 311 g/mol. The Morgan fingerprint density at radius 2 is 2.08 bits per heavy atom. The zero-order valence-electron chi connectivity index (χ0n) is 12.6. The van der Waals surface area contributed by atoms with Gasteiger partial charge >= 0.3 is 0 Å². The second-order valence-corrected chi connectivity index (χ2v) is 5.19. The topological polar surface area (TPSA) is 80.8 Å². The molecule has 1 N–H and O–H groups in total. The lowest BCUT2D eigenvalue weighted by atomic mass is 10.2. The van der Waals surface area contributed by atoms with Crippen LogP contribution in [0.4, 0.5) is 4.39 Å². The van der Waals surface area contributed by atoms with E-state index in [2.05, 4.69) is 19.9 Å². The van der Waals surface area contributed by atoms with Gasteiger partial charge in [-0.05, 0) is 24.3 Å². The summed E-state index contributed by atoms with van der Waals surface area (Å²) < 4.78 is 18.8. The SMILES string of the molecule is COc1cc2c(=O)[nH]c(-c3cnc4ncccc4c3)nc2cc1F. The van der Waals surface area contributed by atoms with Crippen LogP contribution >= 0.6 is 0 Å². The summed E-state index contributed by atoms with van der Waals surface area (Å²) in [4.78, 5) is 27.7. The zero-order valence-corrected chi connectivity index (χ0v) is 12.6. The maximum absolute atomic E-state index is 13.9. The summed E-state index contributed by atoms with van der Waals surface area (Å²) in [5, 5.41) is 1.08. The van der Waals surface area contributed by atoms with Gasteiger partial charge in [0.1, 0.15) is 5.82 Å². The van der Waals surface area contributed by atoms with Gasteiger partial charge in [-0.25, -0.2) is 19.3 Å². The fraction of sp³-hybridized carbons (Fsp3) is 0.0588. The van der Waals surface area contributed by atoms with Crippen LogP contribution in [0.2, 0.25) is 0 Å². The van der Waals surface area contributed by atoms with Crippen LogP contribution in [0.5, 0.6) is 5.75 Å². The number of fused-ring (bicyclic) bond motifs is 2. The van der Waals surface area contributed by atoms with E-state index in [0.29, 0.717) is 17.0 Å². The molecule has 0 amide bonds. The summed E-state index contributed by atoms with van der Waals surface area (Å²) in [6.07, 6.45) is 3.22. The van der Waals surface area contributed by atoms with Gasteiger partial charge in [-0.1, -0.05) is 0 Å². The summed E-state index contributed by atoms with van der Waals surface area (Å²) in [6.45, 7) is 0. The highest BCUT2D eigenvalue weighted by molar-refractivity contribution is 5.83. The number of nitrogens with one attached hydrogen (secondary N) is 1. The van der Waals surface area contributed by atoms with E-state index in [1.165, 1.54) is 19.2 Å². The minimum atomic E-state index is -0.574. The lowest BCUT2D eigenvalue weighted by Crippen LogP contribution is -2.10.